The monoisotopic (exact) mass is 379 g/mol. The fourth-order valence-corrected chi connectivity index (χ4v) is 3.36. The van der Waals surface area contributed by atoms with Crippen LogP contribution in [0.15, 0.2) is 24.3 Å². The second kappa shape index (κ2) is 9.57. The van der Waals surface area contributed by atoms with Crippen molar-refractivity contribution < 1.29 is 14.4 Å². The van der Waals surface area contributed by atoms with Gasteiger partial charge in [0, 0.05) is 33.5 Å². The molecule has 1 N–H and O–H groups in total. The van der Waals surface area contributed by atoms with Gasteiger partial charge < -0.3 is 15.1 Å². The standard InChI is InChI=1S/C19H26ClN3O3/c1-14(24)21-12-7-3-4-10-18(25)22(2)17-11-13-23(19(17)26)16-9-6-5-8-15(16)20/h5-6,8-9,17H,3-4,7,10-13H2,1-2H3,(H,21,24). The number of nitrogens with zero attached hydrogens (tertiary/aromatic N) is 2. The number of rotatable bonds is 8. The fourth-order valence-electron chi connectivity index (χ4n) is 3.13. The molecular formula is C19H26ClN3O3. The molecule has 1 aromatic rings. The van der Waals surface area contributed by atoms with E-state index in [1.54, 1.807) is 22.9 Å². The van der Waals surface area contributed by atoms with E-state index in [0.29, 0.717) is 36.6 Å². The van der Waals surface area contributed by atoms with E-state index in [1.165, 1.54) is 6.92 Å². The minimum absolute atomic E-state index is 0.0242. The molecule has 0 bridgehead atoms. The third-order valence-electron chi connectivity index (χ3n) is 4.62. The number of para-hydroxylation sites is 1. The molecule has 7 heteroatoms. The van der Waals surface area contributed by atoms with E-state index in [1.807, 2.05) is 18.2 Å². The molecule has 1 aliphatic heterocycles. The highest BCUT2D eigenvalue weighted by Gasteiger charge is 2.37. The Morgan fingerprint density at radius 1 is 1.27 bits per heavy atom. The van der Waals surface area contributed by atoms with Crippen LogP contribution in [0.3, 0.4) is 0 Å². The van der Waals surface area contributed by atoms with Gasteiger partial charge in [-0.25, -0.2) is 0 Å². The molecule has 1 saturated heterocycles. The zero-order valence-corrected chi connectivity index (χ0v) is 16.1. The summed E-state index contributed by atoms with van der Waals surface area (Å²) in [5.74, 6) is -0.146. The maximum absolute atomic E-state index is 12.7. The number of nitrogens with one attached hydrogen (secondary N) is 1. The van der Waals surface area contributed by atoms with Crippen molar-refractivity contribution in [1.29, 1.82) is 0 Å². The molecule has 2 rings (SSSR count). The summed E-state index contributed by atoms with van der Waals surface area (Å²) in [6.07, 6.45) is 3.47. The van der Waals surface area contributed by atoms with Crippen molar-refractivity contribution in [3.8, 4) is 0 Å². The van der Waals surface area contributed by atoms with Crippen LogP contribution in [0.25, 0.3) is 0 Å². The Bertz CT molecular complexity index is 665. The van der Waals surface area contributed by atoms with E-state index in [2.05, 4.69) is 5.32 Å². The summed E-state index contributed by atoms with van der Waals surface area (Å²) in [6.45, 7) is 2.68. The lowest BCUT2D eigenvalue weighted by Gasteiger charge is -2.24. The Labute approximate surface area is 159 Å². The zero-order valence-electron chi connectivity index (χ0n) is 15.3. The number of unbranched alkanes of at least 4 members (excludes halogenated alkanes) is 2. The number of halogens is 1. The van der Waals surface area contributed by atoms with Gasteiger partial charge in [0.2, 0.25) is 17.7 Å². The topological polar surface area (TPSA) is 69.7 Å². The summed E-state index contributed by atoms with van der Waals surface area (Å²) in [4.78, 5) is 39.1. The van der Waals surface area contributed by atoms with Crippen LogP contribution in [-0.2, 0) is 14.4 Å². The fraction of sp³-hybridized carbons (Fsp3) is 0.526. The Morgan fingerprint density at radius 2 is 2.00 bits per heavy atom. The molecule has 0 aromatic heterocycles. The second-order valence-electron chi connectivity index (χ2n) is 6.54. The number of amides is 3. The third-order valence-corrected chi connectivity index (χ3v) is 4.94. The molecule has 6 nitrogen and oxygen atoms in total. The summed E-state index contributed by atoms with van der Waals surface area (Å²) >= 11 is 6.19. The van der Waals surface area contributed by atoms with Gasteiger partial charge in [0.25, 0.3) is 0 Å². The molecule has 1 aromatic carbocycles. The van der Waals surface area contributed by atoms with Crippen LogP contribution in [0.5, 0.6) is 0 Å². The van der Waals surface area contributed by atoms with E-state index in [4.69, 9.17) is 11.6 Å². The number of hydrogen-bond acceptors (Lipinski definition) is 3. The number of hydrogen-bond donors (Lipinski definition) is 1. The predicted molar refractivity (Wildman–Crippen MR) is 102 cm³/mol. The molecule has 0 saturated carbocycles. The molecule has 1 fully saturated rings. The first-order valence-electron chi connectivity index (χ1n) is 8.98. The smallest absolute Gasteiger partial charge is 0.249 e. The molecule has 1 aliphatic rings. The molecule has 1 unspecified atom stereocenters. The van der Waals surface area contributed by atoms with E-state index >= 15 is 0 Å². The predicted octanol–water partition coefficient (Wildman–Crippen LogP) is 2.60. The maximum Gasteiger partial charge on any atom is 0.249 e. The van der Waals surface area contributed by atoms with Gasteiger partial charge in [-0.1, -0.05) is 30.2 Å². The van der Waals surface area contributed by atoms with Crippen molar-refractivity contribution in [2.24, 2.45) is 0 Å². The molecule has 0 aliphatic carbocycles. The van der Waals surface area contributed by atoms with Gasteiger partial charge in [-0.05, 0) is 31.4 Å². The van der Waals surface area contributed by atoms with Gasteiger partial charge in [-0.2, -0.15) is 0 Å². The summed E-state index contributed by atoms with van der Waals surface area (Å²) in [7, 11) is 1.69. The molecule has 26 heavy (non-hydrogen) atoms. The van der Waals surface area contributed by atoms with Gasteiger partial charge in [0.1, 0.15) is 6.04 Å². The highest BCUT2D eigenvalue weighted by Crippen LogP contribution is 2.30. The molecule has 0 spiro atoms. The van der Waals surface area contributed by atoms with Crippen molar-refractivity contribution in [1.82, 2.24) is 10.2 Å². The van der Waals surface area contributed by atoms with Crippen LogP contribution in [0.4, 0.5) is 5.69 Å². The highest BCUT2D eigenvalue weighted by atomic mass is 35.5. The molecule has 3 amide bonds. The van der Waals surface area contributed by atoms with Gasteiger partial charge >= 0.3 is 0 Å². The second-order valence-corrected chi connectivity index (χ2v) is 6.95. The normalized spacial score (nSPS) is 16.7. The van der Waals surface area contributed by atoms with Crippen LogP contribution < -0.4 is 10.2 Å². The van der Waals surface area contributed by atoms with E-state index < -0.39 is 6.04 Å². The molecule has 1 atom stereocenters. The van der Waals surface area contributed by atoms with Crippen LogP contribution >= 0.6 is 11.6 Å². The minimum Gasteiger partial charge on any atom is -0.356 e. The van der Waals surface area contributed by atoms with Gasteiger partial charge in [-0.3, -0.25) is 14.4 Å². The lowest BCUT2D eigenvalue weighted by Crippen LogP contribution is -2.43. The first-order chi connectivity index (χ1) is 12.4. The van der Waals surface area contributed by atoms with Crippen molar-refractivity contribution in [2.75, 3.05) is 25.0 Å². The Balaban J connectivity index is 1.81. The SMILES string of the molecule is CC(=O)NCCCCCC(=O)N(C)C1CCN(c2ccccc2Cl)C1=O. The zero-order chi connectivity index (χ0) is 19.1. The summed E-state index contributed by atoms with van der Waals surface area (Å²) in [6, 6.07) is 6.81. The summed E-state index contributed by atoms with van der Waals surface area (Å²) < 4.78 is 0. The van der Waals surface area contributed by atoms with Crippen molar-refractivity contribution >= 4 is 35.0 Å². The van der Waals surface area contributed by atoms with E-state index in [-0.39, 0.29) is 17.7 Å². The average Bonchev–Trinajstić information content (AvgIpc) is 2.98. The lowest BCUT2D eigenvalue weighted by molar-refractivity contribution is -0.136. The molecule has 0 radical (unpaired) electrons. The highest BCUT2D eigenvalue weighted by molar-refractivity contribution is 6.34. The van der Waals surface area contributed by atoms with Crippen LogP contribution in [0.2, 0.25) is 5.02 Å². The lowest BCUT2D eigenvalue weighted by atomic mass is 10.1. The number of benzene rings is 1. The molecule has 142 valence electrons. The summed E-state index contributed by atoms with van der Waals surface area (Å²) in [5.41, 5.74) is 0.695. The van der Waals surface area contributed by atoms with E-state index in [0.717, 1.165) is 19.3 Å². The Kier molecular flexibility index (Phi) is 7.45. The maximum atomic E-state index is 12.7. The Hall–Kier alpha value is -2.08. The minimum atomic E-state index is -0.432. The molecular weight excluding hydrogens is 354 g/mol. The number of likely N-dealkylation sites (N-methyl/N-ethyl adjacent to an activating group) is 1. The van der Waals surface area contributed by atoms with Gasteiger partial charge in [0.05, 0.1) is 10.7 Å². The quantitative estimate of drug-likeness (QED) is 0.706. The van der Waals surface area contributed by atoms with E-state index in [9.17, 15) is 14.4 Å². The average molecular weight is 380 g/mol. The van der Waals surface area contributed by atoms with Crippen molar-refractivity contribution in [2.45, 2.75) is 45.1 Å². The first kappa shape index (κ1) is 20.2. The first-order valence-corrected chi connectivity index (χ1v) is 9.35. The third kappa shape index (κ3) is 5.21. The van der Waals surface area contributed by atoms with Crippen molar-refractivity contribution in [3.63, 3.8) is 0 Å². The van der Waals surface area contributed by atoms with Gasteiger partial charge in [-0.15, -0.1) is 0 Å². The largest absolute Gasteiger partial charge is 0.356 e. The van der Waals surface area contributed by atoms with Crippen molar-refractivity contribution in [3.05, 3.63) is 29.3 Å². The Morgan fingerprint density at radius 3 is 2.69 bits per heavy atom. The number of carbonyl (C=O) groups excluding carboxylic acids is 3. The molecule has 1 heterocycles. The van der Waals surface area contributed by atoms with Crippen LogP contribution in [0, 0.1) is 0 Å². The van der Waals surface area contributed by atoms with Crippen LogP contribution in [-0.4, -0.2) is 48.8 Å². The van der Waals surface area contributed by atoms with Gasteiger partial charge in [0.15, 0.2) is 0 Å². The number of anilines is 1. The van der Waals surface area contributed by atoms with Crippen LogP contribution in [0.1, 0.15) is 39.0 Å². The number of carbonyl (C=O) groups is 3. The summed E-state index contributed by atoms with van der Waals surface area (Å²) in [5, 5.41) is 3.27.